The number of aliphatic imine (C=N–C) groups is 1. The molecule has 0 aromatic heterocycles. The molecule has 1 unspecified atom stereocenters. The summed E-state index contributed by atoms with van der Waals surface area (Å²) < 4.78 is 10.4. The second-order valence-corrected chi connectivity index (χ2v) is 13.6. The second-order valence-electron chi connectivity index (χ2n) is 8.33. The van der Waals surface area contributed by atoms with Gasteiger partial charge in [0, 0.05) is 18.1 Å². The van der Waals surface area contributed by atoms with Crippen molar-refractivity contribution < 1.29 is 19.1 Å². The third-order valence-corrected chi connectivity index (χ3v) is 12.4. The number of carbonyl (C=O) groups is 2. The van der Waals surface area contributed by atoms with E-state index < -0.39 is 14.1 Å². The maximum atomic E-state index is 13.0. The molecule has 0 aliphatic carbocycles. The molecule has 5 nitrogen and oxygen atoms in total. The number of methoxy groups -OCH3 is 1. The summed E-state index contributed by atoms with van der Waals surface area (Å²) >= 11 is 0. The topological polar surface area (TPSA) is 65.0 Å². The van der Waals surface area contributed by atoms with Gasteiger partial charge >= 0.3 is 11.9 Å². The predicted molar refractivity (Wildman–Crippen MR) is 141 cm³/mol. The van der Waals surface area contributed by atoms with E-state index in [0.717, 1.165) is 35.0 Å². The number of esters is 2. The van der Waals surface area contributed by atoms with Crippen LogP contribution in [0.1, 0.15) is 45.2 Å². The van der Waals surface area contributed by atoms with Crippen molar-refractivity contribution in [1.29, 1.82) is 0 Å². The van der Waals surface area contributed by atoms with E-state index in [1.165, 1.54) is 19.2 Å². The second kappa shape index (κ2) is 13.7. The van der Waals surface area contributed by atoms with Crippen molar-refractivity contribution in [2.75, 3.05) is 13.7 Å². The Balaban J connectivity index is 2.59. The third kappa shape index (κ3) is 7.25. The van der Waals surface area contributed by atoms with Gasteiger partial charge in [-0.2, -0.15) is 0 Å². The molecular formula is C28H37NO4Si. The molecule has 1 atom stereocenters. The van der Waals surface area contributed by atoms with Crippen LogP contribution < -0.4 is 0 Å². The summed E-state index contributed by atoms with van der Waals surface area (Å²) in [7, 11) is -0.452. The third-order valence-electron chi connectivity index (χ3n) is 6.59. The van der Waals surface area contributed by atoms with Gasteiger partial charge in [-0.15, -0.1) is 0 Å². The van der Waals surface area contributed by atoms with Gasteiger partial charge in [0.15, 0.2) is 6.04 Å². The molecular weight excluding hydrogens is 442 g/mol. The minimum atomic E-state index is -1.86. The van der Waals surface area contributed by atoms with Gasteiger partial charge in [0.1, 0.15) is 6.61 Å². The van der Waals surface area contributed by atoms with Crippen LogP contribution in [0.15, 0.2) is 76.9 Å². The zero-order valence-corrected chi connectivity index (χ0v) is 22.0. The largest absolute Gasteiger partial charge is 0.467 e. The molecule has 0 aliphatic heterocycles. The lowest BCUT2D eigenvalue weighted by atomic mass is 10.0. The van der Waals surface area contributed by atoms with Crippen LogP contribution in [0.4, 0.5) is 0 Å². The summed E-state index contributed by atoms with van der Waals surface area (Å²) in [5.41, 5.74) is 2.64. The van der Waals surface area contributed by atoms with Gasteiger partial charge in [0.2, 0.25) is 0 Å². The normalized spacial score (nSPS) is 12.6. The van der Waals surface area contributed by atoms with Gasteiger partial charge in [-0.05, 0) is 6.42 Å². The first-order chi connectivity index (χ1) is 16.4. The molecule has 0 saturated heterocycles. The van der Waals surface area contributed by atoms with E-state index in [0.29, 0.717) is 6.42 Å². The average molecular weight is 480 g/mol. The number of ether oxygens (including phenoxy) is 2. The fraction of sp³-hybridized carbons (Fsp3) is 0.393. The highest BCUT2D eigenvalue weighted by Gasteiger charge is 2.34. The first-order valence-electron chi connectivity index (χ1n) is 12.0. The van der Waals surface area contributed by atoms with E-state index in [2.05, 4.69) is 20.8 Å². The molecule has 0 saturated carbocycles. The number of benzene rings is 2. The predicted octanol–water partition coefficient (Wildman–Crippen LogP) is 5.99. The molecule has 0 amide bonds. The van der Waals surface area contributed by atoms with Crippen molar-refractivity contribution in [2.24, 2.45) is 4.99 Å². The summed E-state index contributed by atoms with van der Waals surface area (Å²) in [6.07, 6.45) is 2.47. The molecule has 0 radical (unpaired) electrons. The number of rotatable bonds is 12. The van der Waals surface area contributed by atoms with Crippen LogP contribution in [0.5, 0.6) is 0 Å². The Morgan fingerprint density at radius 3 is 1.82 bits per heavy atom. The lowest BCUT2D eigenvalue weighted by molar-refractivity contribution is -0.142. The summed E-state index contributed by atoms with van der Waals surface area (Å²) in [4.78, 5) is 29.4. The van der Waals surface area contributed by atoms with Crippen molar-refractivity contribution >= 4 is 25.7 Å². The number of nitrogens with zero attached hydrogens (tertiary/aromatic N) is 1. The maximum absolute atomic E-state index is 13.0. The van der Waals surface area contributed by atoms with Crippen LogP contribution in [0, 0.1) is 0 Å². The fourth-order valence-electron chi connectivity index (χ4n) is 4.40. The Morgan fingerprint density at radius 2 is 1.41 bits per heavy atom. The lowest BCUT2D eigenvalue weighted by Crippen LogP contribution is -2.38. The highest BCUT2D eigenvalue weighted by atomic mass is 28.3. The minimum Gasteiger partial charge on any atom is -0.467 e. The first-order valence-corrected chi connectivity index (χ1v) is 14.6. The molecule has 2 aromatic carbocycles. The summed E-state index contributed by atoms with van der Waals surface area (Å²) in [5, 5.41) is 1.21. The average Bonchev–Trinajstić information content (AvgIpc) is 2.87. The number of hydrogen-bond donors (Lipinski definition) is 0. The molecule has 0 bridgehead atoms. The maximum Gasteiger partial charge on any atom is 0.330 e. The lowest BCUT2D eigenvalue weighted by Gasteiger charge is -2.33. The molecule has 0 heterocycles. The standard InChI is InChI=1S/C28H37NO4Si/c1-6-34(7-2,8-3)25(19-20-33-22(4)30)21-26(28(31)32-5)29-27(23-15-11-9-12-16-23)24-17-13-10-14-18-24/h9-19,26H,6-8,20-21H2,1-5H3/b25-19+. The summed E-state index contributed by atoms with van der Waals surface area (Å²) in [6, 6.07) is 22.2. The smallest absolute Gasteiger partial charge is 0.330 e. The van der Waals surface area contributed by atoms with Gasteiger partial charge < -0.3 is 9.47 Å². The Bertz CT molecular complexity index is 932. The molecule has 2 aromatic rings. The zero-order valence-electron chi connectivity index (χ0n) is 21.0. The SMILES string of the molecule is CC[Si](CC)(CC)/C(=C/COC(C)=O)CC(N=C(c1ccccc1)c1ccccc1)C(=O)OC. The summed E-state index contributed by atoms with van der Waals surface area (Å²) in [5.74, 6) is -0.681. The van der Waals surface area contributed by atoms with Crippen LogP contribution in [0.2, 0.25) is 18.1 Å². The van der Waals surface area contributed by atoms with Crippen molar-refractivity contribution in [1.82, 2.24) is 0 Å². The number of hydrogen-bond acceptors (Lipinski definition) is 5. The Labute approximate surface area is 204 Å². The van der Waals surface area contributed by atoms with E-state index in [-0.39, 0.29) is 18.5 Å². The van der Waals surface area contributed by atoms with Crippen LogP contribution in [0.3, 0.4) is 0 Å². The molecule has 0 N–H and O–H groups in total. The van der Waals surface area contributed by atoms with Gasteiger partial charge in [-0.3, -0.25) is 9.79 Å². The molecule has 182 valence electrons. The Kier molecular flexibility index (Phi) is 10.9. The molecule has 6 heteroatoms. The number of carbonyl (C=O) groups excluding carboxylic acids is 2. The van der Waals surface area contributed by atoms with E-state index >= 15 is 0 Å². The van der Waals surface area contributed by atoms with Crippen molar-refractivity contribution in [3.63, 3.8) is 0 Å². The molecule has 0 spiro atoms. The zero-order chi connectivity index (χ0) is 25.0. The van der Waals surface area contributed by atoms with Gasteiger partial charge in [-0.25, -0.2) is 4.79 Å². The highest BCUT2D eigenvalue weighted by molar-refractivity contribution is 6.86. The van der Waals surface area contributed by atoms with Crippen LogP contribution in [0.25, 0.3) is 0 Å². The molecule has 0 aliphatic rings. The molecule has 34 heavy (non-hydrogen) atoms. The van der Waals surface area contributed by atoms with Crippen LogP contribution >= 0.6 is 0 Å². The van der Waals surface area contributed by atoms with E-state index in [9.17, 15) is 9.59 Å². The first kappa shape index (κ1) is 27.3. The fourth-order valence-corrected chi connectivity index (χ4v) is 8.40. The van der Waals surface area contributed by atoms with E-state index in [1.807, 2.05) is 66.7 Å². The summed E-state index contributed by atoms with van der Waals surface area (Å²) in [6.45, 7) is 8.27. The van der Waals surface area contributed by atoms with Crippen molar-refractivity contribution in [3.8, 4) is 0 Å². The van der Waals surface area contributed by atoms with Crippen LogP contribution in [-0.4, -0.2) is 45.5 Å². The van der Waals surface area contributed by atoms with Crippen molar-refractivity contribution in [3.05, 3.63) is 83.1 Å². The highest BCUT2D eigenvalue weighted by Crippen LogP contribution is 2.32. The quantitative estimate of drug-likeness (QED) is 0.213. The van der Waals surface area contributed by atoms with Gasteiger partial charge in [-0.1, -0.05) is 111 Å². The van der Waals surface area contributed by atoms with Crippen LogP contribution in [-0.2, 0) is 19.1 Å². The van der Waals surface area contributed by atoms with Crippen molar-refractivity contribution in [2.45, 2.75) is 58.3 Å². The van der Waals surface area contributed by atoms with E-state index in [1.54, 1.807) is 0 Å². The Hall–Kier alpha value is -2.99. The van der Waals surface area contributed by atoms with Gasteiger partial charge in [0.25, 0.3) is 0 Å². The molecule has 2 rings (SSSR count). The van der Waals surface area contributed by atoms with Gasteiger partial charge in [0.05, 0.1) is 20.9 Å². The Morgan fingerprint density at radius 1 is 0.912 bits per heavy atom. The monoisotopic (exact) mass is 479 g/mol. The van der Waals surface area contributed by atoms with E-state index in [4.69, 9.17) is 14.5 Å². The minimum absolute atomic E-state index is 0.210. The molecule has 0 fully saturated rings.